The highest BCUT2D eigenvalue weighted by Crippen LogP contribution is 2.32. The molecule has 34 heavy (non-hydrogen) atoms. The quantitative estimate of drug-likeness (QED) is 0.478. The smallest absolute Gasteiger partial charge is 0.238 e. The van der Waals surface area contributed by atoms with Gasteiger partial charge in [-0.25, -0.2) is 9.38 Å². The van der Waals surface area contributed by atoms with E-state index in [0.29, 0.717) is 27.3 Å². The molecule has 0 spiro atoms. The minimum Gasteiger partial charge on any atom is -0.497 e. The number of aliphatic imine (C=N–C) groups is 1. The Bertz CT molecular complexity index is 1220. The number of hydrogen-bond donors (Lipinski definition) is 1. The predicted molar refractivity (Wildman–Crippen MR) is 133 cm³/mol. The number of carbonyl (C=O) groups excluding carboxylic acids is 2. The second kappa shape index (κ2) is 10.7. The van der Waals surface area contributed by atoms with Crippen molar-refractivity contribution >= 4 is 51.7 Å². The summed E-state index contributed by atoms with van der Waals surface area (Å²) in [6.45, 7) is 0.273. The van der Waals surface area contributed by atoms with Crippen molar-refractivity contribution in [2.75, 3.05) is 12.4 Å². The first-order valence-corrected chi connectivity index (χ1v) is 11.7. The largest absolute Gasteiger partial charge is 0.497 e. The van der Waals surface area contributed by atoms with E-state index in [1.165, 1.54) is 40.9 Å². The van der Waals surface area contributed by atoms with Gasteiger partial charge in [-0.2, -0.15) is 0 Å². The first-order chi connectivity index (χ1) is 16.4. The number of hydrogen-bond acceptors (Lipinski definition) is 5. The number of carbonyl (C=O) groups is 2. The molecule has 1 fully saturated rings. The maximum absolute atomic E-state index is 13.4. The zero-order valence-corrected chi connectivity index (χ0v) is 19.8. The lowest BCUT2D eigenvalue weighted by molar-refractivity contribution is -0.129. The molecular weight excluding hydrogens is 477 g/mol. The molecule has 0 saturated carbocycles. The van der Waals surface area contributed by atoms with E-state index >= 15 is 0 Å². The lowest BCUT2D eigenvalue weighted by Gasteiger charge is -2.32. The minimum absolute atomic E-state index is 0.000451. The van der Waals surface area contributed by atoms with E-state index in [4.69, 9.17) is 16.3 Å². The lowest BCUT2D eigenvalue weighted by atomic mass is 10.2. The molecular formula is C25H21ClFN3O3S. The number of halogens is 2. The first kappa shape index (κ1) is 23.8. The molecule has 1 heterocycles. The van der Waals surface area contributed by atoms with Gasteiger partial charge in [0, 0.05) is 6.42 Å². The molecule has 0 aromatic heterocycles. The highest BCUT2D eigenvalue weighted by Gasteiger charge is 2.36. The lowest BCUT2D eigenvalue weighted by Crippen LogP contribution is -2.44. The molecule has 1 atom stereocenters. The van der Waals surface area contributed by atoms with Gasteiger partial charge in [0.05, 0.1) is 30.1 Å². The number of rotatable bonds is 6. The maximum Gasteiger partial charge on any atom is 0.238 e. The van der Waals surface area contributed by atoms with E-state index in [9.17, 15) is 14.0 Å². The van der Waals surface area contributed by atoms with Crippen molar-refractivity contribution in [2.45, 2.75) is 18.2 Å². The monoisotopic (exact) mass is 497 g/mol. The highest BCUT2D eigenvalue weighted by atomic mass is 35.5. The fourth-order valence-corrected chi connectivity index (χ4v) is 4.59. The summed E-state index contributed by atoms with van der Waals surface area (Å²) in [5, 5.41) is 2.86. The number of benzene rings is 3. The highest BCUT2D eigenvalue weighted by molar-refractivity contribution is 8.15. The Hall–Kier alpha value is -3.36. The molecule has 1 N–H and O–H groups in total. The van der Waals surface area contributed by atoms with Crippen LogP contribution in [0.5, 0.6) is 5.75 Å². The molecule has 0 bridgehead atoms. The summed E-state index contributed by atoms with van der Waals surface area (Å²) in [6.07, 6.45) is -0.000451. The van der Waals surface area contributed by atoms with Gasteiger partial charge in [-0.1, -0.05) is 47.6 Å². The fraction of sp³-hybridized carbons (Fsp3) is 0.160. The fourth-order valence-electron chi connectivity index (χ4n) is 3.31. The number of nitrogens with one attached hydrogen (secondary N) is 1. The van der Waals surface area contributed by atoms with Crippen LogP contribution in [0.4, 0.5) is 15.8 Å². The SMILES string of the molecule is COc1ccc(CN2C(=O)CC(C(=O)Nc3ccccc3Cl)SC2=Nc2ccc(F)cc2)cc1. The zero-order chi connectivity index (χ0) is 24.1. The molecule has 9 heteroatoms. The van der Waals surface area contributed by atoms with Crippen LogP contribution in [0, 0.1) is 5.82 Å². The van der Waals surface area contributed by atoms with E-state index in [2.05, 4.69) is 10.3 Å². The van der Waals surface area contributed by atoms with Crippen molar-refractivity contribution in [2.24, 2.45) is 4.99 Å². The number of amidine groups is 1. The maximum atomic E-state index is 13.4. The van der Waals surface area contributed by atoms with Crippen molar-refractivity contribution in [3.05, 3.63) is 89.2 Å². The summed E-state index contributed by atoms with van der Waals surface area (Å²) < 4.78 is 18.6. The summed E-state index contributed by atoms with van der Waals surface area (Å²) in [4.78, 5) is 32.2. The van der Waals surface area contributed by atoms with E-state index in [1.807, 2.05) is 24.3 Å². The van der Waals surface area contributed by atoms with Gasteiger partial charge < -0.3 is 10.1 Å². The van der Waals surface area contributed by atoms with Gasteiger partial charge in [0.1, 0.15) is 16.8 Å². The third-order valence-corrected chi connectivity index (χ3v) is 6.63. The predicted octanol–water partition coefficient (Wildman–Crippen LogP) is 5.65. The van der Waals surface area contributed by atoms with Gasteiger partial charge in [-0.3, -0.25) is 14.5 Å². The Kier molecular flexibility index (Phi) is 7.49. The molecule has 2 amide bonds. The molecule has 0 aliphatic carbocycles. The third kappa shape index (κ3) is 5.76. The number of amides is 2. The first-order valence-electron chi connectivity index (χ1n) is 10.4. The van der Waals surface area contributed by atoms with Gasteiger partial charge in [0.25, 0.3) is 0 Å². The van der Waals surface area contributed by atoms with Crippen LogP contribution in [0.15, 0.2) is 77.8 Å². The second-order valence-electron chi connectivity index (χ2n) is 7.48. The van der Waals surface area contributed by atoms with Crippen LogP contribution >= 0.6 is 23.4 Å². The summed E-state index contributed by atoms with van der Waals surface area (Å²) in [7, 11) is 1.58. The molecule has 0 radical (unpaired) electrons. The van der Waals surface area contributed by atoms with Crippen molar-refractivity contribution in [1.29, 1.82) is 0 Å². The molecule has 3 aromatic rings. The molecule has 3 aromatic carbocycles. The Labute approximate surface area is 205 Å². The molecule has 6 nitrogen and oxygen atoms in total. The number of anilines is 1. The Morgan fingerprint density at radius 3 is 2.53 bits per heavy atom. The van der Waals surface area contributed by atoms with Crippen LogP contribution in [-0.4, -0.2) is 34.2 Å². The summed E-state index contributed by atoms with van der Waals surface area (Å²) in [6, 6.07) is 19.9. The topological polar surface area (TPSA) is 71.0 Å². The number of methoxy groups -OCH3 is 1. The summed E-state index contributed by atoms with van der Waals surface area (Å²) >= 11 is 7.34. The van der Waals surface area contributed by atoms with E-state index in [1.54, 1.807) is 31.4 Å². The van der Waals surface area contributed by atoms with Gasteiger partial charge in [0.2, 0.25) is 11.8 Å². The van der Waals surface area contributed by atoms with Gasteiger partial charge in [-0.15, -0.1) is 0 Å². The molecule has 4 rings (SSSR count). The van der Waals surface area contributed by atoms with Crippen LogP contribution in [0.3, 0.4) is 0 Å². The van der Waals surface area contributed by atoms with Crippen molar-refractivity contribution in [1.82, 2.24) is 4.90 Å². The third-order valence-electron chi connectivity index (χ3n) is 5.11. The normalized spacial score (nSPS) is 17.0. The Morgan fingerprint density at radius 2 is 1.85 bits per heavy atom. The van der Waals surface area contributed by atoms with Crippen molar-refractivity contribution < 1.29 is 18.7 Å². The average Bonchev–Trinajstić information content (AvgIpc) is 2.84. The van der Waals surface area contributed by atoms with Crippen LogP contribution in [-0.2, 0) is 16.1 Å². The standard InChI is InChI=1S/C25H21ClFN3O3S/c1-33-19-12-6-16(7-13-19)15-30-23(31)14-22(24(32)29-21-5-3-2-4-20(21)26)34-25(30)28-18-10-8-17(27)9-11-18/h2-13,22H,14-15H2,1H3,(H,29,32). The number of para-hydroxylation sites is 1. The summed E-state index contributed by atoms with van der Waals surface area (Å²) in [5.41, 5.74) is 1.82. The Morgan fingerprint density at radius 1 is 1.15 bits per heavy atom. The van der Waals surface area contributed by atoms with Crippen molar-refractivity contribution in [3.8, 4) is 5.75 Å². The zero-order valence-electron chi connectivity index (χ0n) is 18.2. The molecule has 1 aliphatic heterocycles. The van der Waals surface area contributed by atoms with Crippen LogP contribution in [0.25, 0.3) is 0 Å². The second-order valence-corrected chi connectivity index (χ2v) is 9.06. The number of nitrogens with zero attached hydrogens (tertiary/aromatic N) is 2. The van der Waals surface area contributed by atoms with Crippen LogP contribution < -0.4 is 10.1 Å². The van der Waals surface area contributed by atoms with E-state index in [-0.39, 0.29) is 30.6 Å². The number of thioether (sulfide) groups is 1. The van der Waals surface area contributed by atoms with Gasteiger partial charge >= 0.3 is 0 Å². The minimum atomic E-state index is -0.699. The van der Waals surface area contributed by atoms with Gasteiger partial charge in [-0.05, 0) is 54.1 Å². The molecule has 1 aliphatic rings. The molecule has 1 saturated heterocycles. The van der Waals surface area contributed by atoms with Crippen LogP contribution in [0.1, 0.15) is 12.0 Å². The van der Waals surface area contributed by atoms with Gasteiger partial charge in [0.15, 0.2) is 5.17 Å². The molecule has 1 unspecified atom stereocenters. The summed E-state index contributed by atoms with van der Waals surface area (Å²) in [5.74, 6) is -0.264. The van der Waals surface area contributed by atoms with Crippen molar-refractivity contribution in [3.63, 3.8) is 0 Å². The average molecular weight is 498 g/mol. The Balaban J connectivity index is 1.60. The number of ether oxygens (including phenoxy) is 1. The molecule has 174 valence electrons. The van der Waals surface area contributed by atoms with E-state index < -0.39 is 5.25 Å². The van der Waals surface area contributed by atoms with E-state index in [0.717, 1.165) is 5.56 Å². The van der Waals surface area contributed by atoms with Crippen LogP contribution in [0.2, 0.25) is 5.02 Å².